The molecule has 47 heavy (non-hydrogen) atoms. The van der Waals surface area contributed by atoms with E-state index >= 15 is 8.78 Å². The third-order valence-corrected chi connectivity index (χ3v) is 9.02. The molecule has 0 unspecified atom stereocenters. The number of hydrogen-bond acceptors (Lipinski definition) is 5. The number of carbonyl (C=O) groups excluding carboxylic acids is 2. The molecule has 1 aromatic heterocycles. The number of aromatic nitrogens is 1. The van der Waals surface area contributed by atoms with Crippen LogP contribution in [0.4, 0.5) is 8.78 Å². The van der Waals surface area contributed by atoms with Gasteiger partial charge in [0.2, 0.25) is 5.91 Å². The number of hydrogen-bond donors (Lipinski definition) is 3. The van der Waals surface area contributed by atoms with Crippen LogP contribution in [-0.4, -0.2) is 57.0 Å². The lowest BCUT2D eigenvalue weighted by Crippen LogP contribution is -2.56. The molecule has 2 aromatic carbocycles. The lowest BCUT2D eigenvalue weighted by molar-refractivity contribution is -0.137. The number of carboxylic acids is 1. The van der Waals surface area contributed by atoms with Gasteiger partial charge in [-0.25, -0.2) is 8.78 Å². The van der Waals surface area contributed by atoms with E-state index < -0.39 is 53.5 Å². The monoisotopic (exact) mass is 650 g/mol. The van der Waals surface area contributed by atoms with Gasteiger partial charge in [-0.2, -0.15) is 0 Å². The minimum atomic E-state index is -1.45. The number of rotatable bonds is 13. The molecule has 1 fully saturated rings. The van der Waals surface area contributed by atoms with Crippen LogP contribution in [0.3, 0.4) is 0 Å². The first-order chi connectivity index (χ1) is 22.1. The SMILES string of the molecule is CCC[C@H](NC(=O)c1cccn(CCN2CCC2(C)C)c1=O)C(=O)N[C@@H](CC(=O)O)c1cc(-c2c(C)cc(C)cc2C)cc(F)c1F. The maximum Gasteiger partial charge on any atom is 0.305 e. The van der Waals surface area contributed by atoms with Crippen molar-refractivity contribution in [1.29, 1.82) is 0 Å². The third kappa shape index (κ3) is 8.13. The maximum atomic E-state index is 15.3. The highest BCUT2D eigenvalue weighted by atomic mass is 19.2. The van der Waals surface area contributed by atoms with Gasteiger partial charge in [-0.05, 0) is 94.0 Å². The van der Waals surface area contributed by atoms with Crippen molar-refractivity contribution < 1.29 is 28.3 Å². The van der Waals surface area contributed by atoms with Crippen LogP contribution in [0.5, 0.6) is 0 Å². The number of aliphatic carboxylic acids is 1. The smallest absolute Gasteiger partial charge is 0.305 e. The topological polar surface area (TPSA) is 121 Å². The lowest BCUT2D eigenvalue weighted by Gasteiger charge is -2.48. The Morgan fingerprint density at radius 3 is 2.28 bits per heavy atom. The summed E-state index contributed by atoms with van der Waals surface area (Å²) >= 11 is 0. The van der Waals surface area contributed by atoms with Gasteiger partial charge in [0.15, 0.2) is 11.6 Å². The van der Waals surface area contributed by atoms with Gasteiger partial charge in [0.05, 0.1) is 12.5 Å². The van der Waals surface area contributed by atoms with Crippen molar-refractivity contribution in [2.75, 3.05) is 13.1 Å². The molecule has 0 bridgehead atoms. The first-order valence-electron chi connectivity index (χ1n) is 16.0. The largest absolute Gasteiger partial charge is 0.481 e. The number of likely N-dealkylation sites (tertiary alicyclic amines) is 1. The Kier molecular flexibility index (Phi) is 11.0. The van der Waals surface area contributed by atoms with E-state index in [0.29, 0.717) is 30.6 Å². The second kappa shape index (κ2) is 14.6. The van der Waals surface area contributed by atoms with E-state index in [1.54, 1.807) is 19.2 Å². The number of nitrogens with one attached hydrogen (secondary N) is 2. The van der Waals surface area contributed by atoms with Gasteiger partial charge in [-0.15, -0.1) is 0 Å². The summed E-state index contributed by atoms with van der Waals surface area (Å²) < 4.78 is 31.8. The number of carbonyl (C=O) groups is 3. The molecule has 1 aliphatic rings. The molecular weight excluding hydrogens is 606 g/mol. The van der Waals surface area contributed by atoms with Gasteiger partial charge in [-0.3, -0.25) is 24.1 Å². The van der Waals surface area contributed by atoms with Crippen LogP contribution < -0.4 is 16.2 Å². The number of carboxylic acid groups (broad SMARTS) is 1. The first-order valence-corrected chi connectivity index (χ1v) is 16.0. The molecule has 3 N–H and O–H groups in total. The molecule has 9 nitrogen and oxygen atoms in total. The van der Waals surface area contributed by atoms with Crippen molar-refractivity contribution in [3.8, 4) is 11.1 Å². The minimum absolute atomic E-state index is 0.0619. The first kappa shape index (κ1) is 35.5. The summed E-state index contributed by atoms with van der Waals surface area (Å²) in [6, 6.07) is 6.59. The van der Waals surface area contributed by atoms with Gasteiger partial charge >= 0.3 is 5.97 Å². The predicted octanol–water partition coefficient (Wildman–Crippen LogP) is 5.43. The van der Waals surface area contributed by atoms with Crippen LogP contribution in [0.25, 0.3) is 11.1 Å². The molecule has 0 saturated carbocycles. The van der Waals surface area contributed by atoms with Gasteiger partial charge in [0.25, 0.3) is 11.5 Å². The summed E-state index contributed by atoms with van der Waals surface area (Å²) in [5, 5.41) is 14.8. The number of nitrogens with zero attached hydrogens (tertiary/aromatic N) is 2. The van der Waals surface area contributed by atoms with E-state index in [1.807, 2.05) is 32.9 Å². The Balaban J connectivity index is 1.58. The van der Waals surface area contributed by atoms with E-state index in [-0.39, 0.29) is 23.1 Å². The zero-order valence-electron chi connectivity index (χ0n) is 27.9. The zero-order valence-corrected chi connectivity index (χ0v) is 27.9. The molecule has 1 saturated heterocycles. The molecule has 2 atom stereocenters. The third-order valence-electron chi connectivity index (χ3n) is 9.02. The quantitative estimate of drug-likeness (QED) is 0.227. The average molecular weight is 651 g/mol. The average Bonchev–Trinajstić information content (AvgIpc) is 2.97. The summed E-state index contributed by atoms with van der Waals surface area (Å²) in [6.45, 7) is 13.6. The number of amides is 2. The molecule has 0 aliphatic carbocycles. The van der Waals surface area contributed by atoms with E-state index in [4.69, 9.17) is 0 Å². The molecule has 1 aliphatic heterocycles. The maximum absolute atomic E-state index is 15.3. The molecule has 0 spiro atoms. The van der Waals surface area contributed by atoms with Crippen LogP contribution in [0.2, 0.25) is 0 Å². The zero-order chi connectivity index (χ0) is 34.6. The fourth-order valence-electron chi connectivity index (χ4n) is 6.37. The number of benzene rings is 2. The molecule has 0 radical (unpaired) electrons. The van der Waals surface area contributed by atoms with Crippen molar-refractivity contribution in [2.45, 2.75) is 91.4 Å². The number of pyridine rings is 1. The second-order valence-electron chi connectivity index (χ2n) is 13.1. The van der Waals surface area contributed by atoms with Crippen LogP contribution in [0, 0.1) is 32.4 Å². The molecule has 4 rings (SSSR count). The van der Waals surface area contributed by atoms with Crippen molar-refractivity contribution >= 4 is 17.8 Å². The van der Waals surface area contributed by atoms with Crippen molar-refractivity contribution in [3.63, 3.8) is 0 Å². The van der Waals surface area contributed by atoms with Gasteiger partial charge < -0.3 is 20.3 Å². The highest BCUT2D eigenvalue weighted by molar-refractivity contribution is 5.97. The summed E-state index contributed by atoms with van der Waals surface area (Å²) in [5.74, 6) is -5.34. The highest BCUT2D eigenvalue weighted by Gasteiger charge is 2.35. The molecule has 252 valence electrons. The van der Waals surface area contributed by atoms with Crippen LogP contribution >= 0.6 is 0 Å². The fraction of sp³-hybridized carbons (Fsp3) is 0.444. The predicted molar refractivity (Wildman–Crippen MR) is 176 cm³/mol. The summed E-state index contributed by atoms with van der Waals surface area (Å²) in [6.07, 6.45) is 2.55. The van der Waals surface area contributed by atoms with Crippen LogP contribution in [0.1, 0.15) is 85.1 Å². The van der Waals surface area contributed by atoms with E-state index in [0.717, 1.165) is 35.7 Å². The van der Waals surface area contributed by atoms with E-state index in [2.05, 4.69) is 29.4 Å². The molecule has 11 heteroatoms. The van der Waals surface area contributed by atoms with E-state index in [9.17, 15) is 24.3 Å². The Morgan fingerprint density at radius 1 is 1.02 bits per heavy atom. The van der Waals surface area contributed by atoms with Gasteiger partial charge in [-0.1, -0.05) is 31.0 Å². The van der Waals surface area contributed by atoms with E-state index in [1.165, 1.54) is 16.7 Å². The molecule has 3 aromatic rings. The highest BCUT2D eigenvalue weighted by Crippen LogP contribution is 2.34. The summed E-state index contributed by atoms with van der Waals surface area (Å²) in [5.41, 5.74) is 2.76. The Labute approximate surface area is 274 Å². The van der Waals surface area contributed by atoms with Crippen molar-refractivity contribution in [3.05, 3.63) is 92.4 Å². The van der Waals surface area contributed by atoms with Gasteiger partial charge in [0, 0.05) is 36.9 Å². The Morgan fingerprint density at radius 2 is 1.70 bits per heavy atom. The lowest BCUT2D eigenvalue weighted by atomic mass is 9.89. The number of aryl methyl sites for hydroxylation is 3. The minimum Gasteiger partial charge on any atom is -0.481 e. The summed E-state index contributed by atoms with van der Waals surface area (Å²) in [7, 11) is 0. The Bertz CT molecular complexity index is 1710. The van der Waals surface area contributed by atoms with Crippen LogP contribution in [-0.2, 0) is 16.1 Å². The Hall–Kier alpha value is -4.38. The molecule has 2 heterocycles. The molecule has 2 amide bonds. The number of halogens is 2. The van der Waals surface area contributed by atoms with Crippen molar-refractivity contribution in [2.24, 2.45) is 0 Å². The summed E-state index contributed by atoms with van der Waals surface area (Å²) in [4.78, 5) is 54.2. The van der Waals surface area contributed by atoms with Crippen molar-refractivity contribution in [1.82, 2.24) is 20.1 Å². The van der Waals surface area contributed by atoms with Crippen LogP contribution in [0.15, 0.2) is 47.4 Å². The van der Waals surface area contributed by atoms with Gasteiger partial charge in [0.1, 0.15) is 11.6 Å². The fourth-order valence-corrected chi connectivity index (χ4v) is 6.37. The molecular formula is C36H44F2N4O5. The normalized spacial score (nSPS) is 15.4. The standard InChI is InChI=1S/C36H44F2N4O5/c1-7-9-28(39-33(45)25-10-8-12-41(35(25)47)14-15-42-13-11-36(42,5)6)34(46)40-29(20-30(43)44)26-18-24(19-27(37)32(26)38)31-22(3)16-21(2)17-23(31)4/h8,10,12,16-19,28-29H,7,9,11,13-15,20H2,1-6H3,(H,39,45)(H,40,46)(H,43,44)/t28-,29-/m0/s1. The second-order valence-corrected chi connectivity index (χ2v) is 13.1.